The van der Waals surface area contributed by atoms with E-state index in [4.69, 9.17) is 9.84 Å². The van der Waals surface area contributed by atoms with Crippen LogP contribution in [0.25, 0.3) is 0 Å². The van der Waals surface area contributed by atoms with Crippen molar-refractivity contribution in [3.63, 3.8) is 0 Å². The highest BCUT2D eigenvalue weighted by Gasteiger charge is 2.30. The van der Waals surface area contributed by atoms with Crippen LogP contribution in [0.5, 0.6) is 5.75 Å². The molecule has 1 aliphatic rings. The first-order valence-electron chi connectivity index (χ1n) is 6.38. The summed E-state index contributed by atoms with van der Waals surface area (Å²) in [5.41, 5.74) is -0.563. The molecule has 0 unspecified atom stereocenters. The molecule has 1 fully saturated rings. The molecule has 0 saturated heterocycles. The molecule has 0 atom stereocenters. The summed E-state index contributed by atoms with van der Waals surface area (Å²) >= 11 is 2.10. The summed E-state index contributed by atoms with van der Waals surface area (Å²) < 4.78 is 6.50. The fourth-order valence-corrected chi connectivity index (χ4v) is 2.80. The average molecular weight is 376 g/mol. The van der Waals surface area contributed by atoms with Gasteiger partial charge in [-0.25, -0.2) is 4.79 Å². The largest absolute Gasteiger partial charge is 0.489 e. The van der Waals surface area contributed by atoms with Crippen molar-refractivity contribution in [3.8, 4) is 5.75 Å². The Kier molecular flexibility index (Phi) is 4.67. The zero-order valence-electron chi connectivity index (χ0n) is 10.6. The lowest BCUT2D eigenvalue weighted by Crippen LogP contribution is -2.38. The number of ether oxygens (including phenoxy) is 1. The van der Waals surface area contributed by atoms with Crippen LogP contribution in [0.2, 0.25) is 0 Å². The quantitative estimate of drug-likeness (QED) is 0.793. The van der Waals surface area contributed by atoms with Crippen LogP contribution in [-0.4, -0.2) is 28.4 Å². The molecular formula is C14H17IO4. The van der Waals surface area contributed by atoms with Crippen molar-refractivity contribution >= 4 is 28.6 Å². The van der Waals surface area contributed by atoms with Crippen molar-refractivity contribution in [1.82, 2.24) is 0 Å². The molecule has 0 radical (unpaired) electrons. The molecule has 2 rings (SSSR count). The van der Waals surface area contributed by atoms with Crippen LogP contribution in [0, 0.1) is 3.57 Å². The van der Waals surface area contributed by atoms with E-state index in [2.05, 4.69) is 22.6 Å². The molecule has 1 aromatic rings. The zero-order valence-corrected chi connectivity index (χ0v) is 12.7. The normalized spacial score (nSPS) is 18.0. The van der Waals surface area contributed by atoms with E-state index in [9.17, 15) is 9.90 Å². The number of carbonyl (C=O) groups is 1. The second kappa shape index (κ2) is 6.09. The molecule has 0 aromatic heterocycles. The summed E-state index contributed by atoms with van der Waals surface area (Å²) in [7, 11) is 0. The van der Waals surface area contributed by atoms with Crippen molar-refractivity contribution < 1.29 is 19.7 Å². The Morgan fingerprint density at radius 1 is 1.32 bits per heavy atom. The van der Waals surface area contributed by atoms with E-state index >= 15 is 0 Å². The lowest BCUT2D eigenvalue weighted by Gasteiger charge is -2.31. The monoisotopic (exact) mass is 376 g/mol. The number of aromatic carboxylic acids is 1. The highest BCUT2D eigenvalue weighted by molar-refractivity contribution is 14.1. The van der Waals surface area contributed by atoms with Gasteiger partial charge in [0.15, 0.2) is 0 Å². The number of aliphatic hydroxyl groups is 1. The SMILES string of the molecule is O=C(O)c1ccc(I)c(OCC2(O)CCCCC2)c1. The third kappa shape index (κ3) is 3.82. The van der Waals surface area contributed by atoms with Gasteiger partial charge in [-0.2, -0.15) is 0 Å². The van der Waals surface area contributed by atoms with Gasteiger partial charge in [0.2, 0.25) is 0 Å². The molecular weight excluding hydrogens is 359 g/mol. The van der Waals surface area contributed by atoms with E-state index in [0.717, 1.165) is 35.7 Å². The number of hydrogen-bond donors (Lipinski definition) is 2. The first-order chi connectivity index (χ1) is 9.00. The molecule has 19 heavy (non-hydrogen) atoms. The van der Waals surface area contributed by atoms with Crippen LogP contribution in [0.4, 0.5) is 0 Å². The second-order valence-corrected chi connectivity index (χ2v) is 6.19. The van der Waals surface area contributed by atoms with Crippen LogP contribution in [0.1, 0.15) is 42.5 Å². The number of hydrogen-bond acceptors (Lipinski definition) is 3. The third-order valence-corrected chi connectivity index (χ3v) is 4.35. The maximum Gasteiger partial charge on any atom is 0.335 e. The molecule has 4 nitrogen and oxygen atoms in total. The smallest absolute Gasteiger partial charge is 0.335 e. The molecule has 0 spiro atoms. The van der Waals surface area contributed by atoms with E-state index in [1.165, 1.54) is 6.07 Å². The summed E-state index contributed by atoms with van der Waals surface area (Å²) in [5, 5.41) is 19.3. The lowest BCUT2D eigenvalue weighted by atomic mass is 9.85. The number of halogens is 1. The van der Waals surface area contributed by atoms with Gasteiger partial charge in [0.05, 0.1) is 14.7 Å². The van der Waals surface area contributed by atoms with Crippen LogP contribution < -0.4 is 4.74 Å². The molecule has 0 bridgehead atoms. The Balaban J connectivity index is 2.06. The van der Waals surface area contributed by atoms with Gasteiger partial charge in [0, 0.05) is 0 Å². The minimum Gasteiger partial charge on any atom is -0.489 e. The Hall–Kier alpha value is -0.820. The van der Waals surface area contributed by atoms with Gasteiger partial charge >= 0.3 is 5.97 Å². The maximum atomic E-state index is 10.9. The molecule has 104 valence electrons. The first-order valence-corrected chi connectivity index (χ1v) is 7.46. The van der Waals surface area contributed by atoms with Gasteiger partial charge < -0.3 is 14.9 Å². The van der Waals surface area contributed by atoms with Crippen molar-refractivity contribution in [2.24, 2.45) is 0 Å². The van der Waals surface area contributed by atoms with Crippen LogP contribution in [0.3, 0.4) is 0 Å². The van der Waals surface area contributed by atoms with E-state index in [1.54, 1.807) is 12.1 Å². The van der Waals surface area contributed by atoms with Crippen molar-refractivity contribution in [2.45, 2.75) is 37.7 Å². The van der Waals surface area contributed by atoms with Gasteiger partial charge in [0.1, 0.15) is 12.4 Å². The summed E-state index contributed by atoms with van der Waals surface area (Å²) in [6.07, 6.45) is 4.71. The van der Waals surface area contributed by atoms with E-state index in [0.29, 0.717) is 5.75 Å². The molecule has 2 N–H and O–H groups in total. The standard InChI is InChI=1S/C14H17IO4/c15-11-5-4-10(13(16)17)8-12(11)19-9-14(18)6-2-1-3-7-14/h4-5,8,18H,1-3,6-7,9H2,(H,16,17). The third-order valence-electron chi connectivity index (χ3n) is 3.46. The molecule has 0 heterocycles. The highest BCUT2D eigenvalue weighted by atomic mass is 127. The summed E-state index contributed by atoms with van der Waals surface area (Å²) in [5.74, 6) is -0.447. The number of rotatable bonds is 4. The van der Waals surface area contributed by atoms with Gasteiger partial charge in [-0.3, -0.25) is 0 Å². The summed E-state index contributed by atoms with van der Waals surface area (Å²) in [6.45, 7) is 0.228. The van der Waals surface area contributed by atoms with Gasteiger partial charge in [0.25, 0.3) is 0 Å². The fraction of sp³-hybridized carbons (Fsp3) is 0.500. The Bertz CT molecular complexity index is 467. The van der Waals surface area contributed by atoms with Gasteiger partial charge in [-0.05, 0) is 53.6 Å². The molecule has 0 aliphatic heterocycles. The van der Waals surface area contributed by atoms with E-state index in [-0.39, 0.29) is 12.2 Å². The molecule has 1 aliphatic carbocycles. The summed E-state index contributed by atoms with van der Waals surface area (Å²) in [4.78, 5) is 10.9. The second-order valence-electron chi connectivity index (χ2n) is 5.02. The molecule has 1 aromatic carbocycles. The van der Waals surface area contributed by atoms with Crippen molar-refractivity contribution in [1.29, 1.82) is 0 Å². The van der Waals surface area contributed by atoms with Gasteiger partial charge in [-0.1, -0.05) is 19.3 Å². The molecule has 1 saturated carbocycles. The lowest BCUT2D eigenvalue weighted by molar-refractivity contribution is -0.0341. The number of carboxylic acid groups (broad SMARTS) is 1. The Morgan fingerprint density at radius 2 is 2.00 bits per heavy atom. The van der Waals surface area contributed by atoms with Gasteiger partial charge in [-0.15, -0.1) is 0 Å². The predicted molar refractivity (Wildman–Crippen MR) is 79.6 cm³/mol. The highest BCUT2D eigenvalue weighted by Crippen LogP contribution is 2.30. The fourth-order valence-electron chi connectivity index (χ4n) is 2.31. The van der Waals surface area contributed by atoms with Crippen LogP contribution in [-0.2, 0) is 0 Å². The summed E-state index contributed by atoms with van der Waals surface area (Å²) in [6, 6.07) is 4.77. The Labute approximate surface area is 125 Å². The molecule has 0 amide bonds. The zero-order chi connectivity index (χ0) is 13.9. The topological polar surface area (TPSA) is 66.8 Å². The van der Waals surface area contributed by atoms with Crippen LogP contribution in [0.15, 0.2) is 18.2 Å². The Morgan fingerprint density at radius 3 is 2.63 bits per heavy atom. The minimum atomic E-state index is -0.974. The minimum absolute atomic E-state index is 0.200. The number of benzene rings is 1. The maximum absolute atomic E-state index is 10.9. The molecule has 5 heteroatoms. The van der Waals surface area contributed by atoms with E-state index < -0.39 is 11.6 Å². The first kappa shape index (κ1) is 14.6. The van der Waals surface area contributed by atoms with Crippen molar-refractivity contribution in [3.05, 3.63) is 27.3 Å². The van der Waals surface area contributed by atoms with Crippen LogP contribution >= 0.6 is 22.6 Å². The van der Waals surface area contributed by atoms with E-state index in [1.807, 2.05) is 0 Å². The number of carboxylic acids is 1. The predicted octanol–water partition coefficient (Wildman–Crippen LogP) is 3.06. The average Bonchev–Trinajstić information content (AvgIpc) is 2.38. The van der Waals surface area contributed by atoms with Crippen molar-refractivity contribution in [2.75, 3.05) is 6.61 Å².